The van der Waals surface area contributed by atoms with E-state index < -0.39 is 5.60 Å². The molecule has 9 nitrogen and oxygen atoms in total. The smallest absolute Gasteiger partial charge is 0.410 e. The first kappa shape index (κ1) is 28.0. The SMILES string of the molecule is CCc1nn2c(C)cc(N3CCC4(CN(C(=O)OC(C)(C)C)C4)C3)cc2c1Nc1nc(-c2ccc(F)cc2)c(C#N)s1. The van der Waals surface area contributed by atoms with Gasteiger partial charge >= 0.3 is 6.09 Å². The van der Waals surface area contributed by atoms with Crippen LogP contribution in [0.3, 0.4) is 0 Å². The first-order valence-corrected chi connectivity index (χ1v) is 15.0. The molecule has 218 valence electrons. The van der Waals surface area contributed by atoms with Gasteiger partial charge in [0.05, 0.1) is 16.9 Å². The number of nitrogens with one attached hydrogen (secondary N) is 1. The van der Waals surface area contributed by atoms with Crippen LogP contribution in [-0.4, -0.2) is 57.4 Å². The number of carbonyl (C=O) groups is 1. The van der Waals surface area contributed by atoms with Gasteiger partial charge in [0, 0.05) is 48.5 Å². The van der Waals surface area contributed by atoms with Crippen molar-refractivity contribution in [2.75, 3.05) is 36.4 Å². The molecule has 0 saturated carbocycles. The van der Waals surface area contributed by atoms with Crippen LogP contribution >= 0.6 is 11.3 Å². The number of amides is 1. The molecule has 2 fully saturated rings. The van der Waals surface area contributed by atoms with Gasteiger partial charge in [-0.15, -0.1) is 0 Å². The summed E-state index contributed by atoms with van der Waals surface area (Å²) in [4.78, 5) is 21.9. The van der Waals surface area contributed by atoms with Crippen molar-refractivity contribution in [3.63, 3.8) is 0 Å². The molecule has 4 aromatic rings. The number of anilines is 3. The Morgan fingerprint density at radius 3 is 2.62 bits per heavy atom. The minimum absolute atomic E-state index is 0.0815. The van der Waals surface area contributed by atoms with Gasteiger partial charge in [0.15, 0.2) is 5.13 Å². The molecular formula is C31H34FN7O2S. The fraction of sp³-hybridized carbons (Fsp3) is 0.419. The minimum Gasteiger partial charge on any atom is -0.444 e. The van der Waals surface area contributed by atoms with Crippen LogP contribution in [0.15, 0.2) is 36.4 Å². The number of pyridine rings is 1. The average molecular weight is 588 g/mol. The molecule has 11 heteroatoms. The molecule has 1 spiro atoms. The number of hydrogen-bond acceptors (Lipinski definition) is 8. The van der Waals surface area contributed by atoms with Crippen LogP contribution in [0, 0.1) is 29.5 Å². The van der Waals surface area contributed by atoms with Crippen LogP contribution in [0.2, 0.25) is 0 Å². The van der Waals surface area contributed by atoms with Crippen LogP contribution in [-0.2, 0) is 11.2 Å². The zero-order valence-electron chi connectivity index (χ0n) is 24.5. The molecule has 0 unspecified atom stereocenters. The summed E-state index contributed by atoms with van der Waals surface area (Å²) in [5, 5.41) is 18.7. The van der Waals surface area contributed by atoms with E-state index in [2.05, 4.69) is 42.3 Å². The quantitative estimate of drug-likeness (QED) is 0.283. The number of thiazole rings is 1. The van der Waals surface area contributed by atoms with Gasteiger partial charge in [-0.3, -0.25) is 0 Å². The molecule has 2 aliphatic heterocycles. The average Bonchev–Trinajstić information content (AvgIpc) is 3.63. The Morgan fingerprint density at radius 2 is 1.95 bits per heavy atom. The van der Waals surface area contributed by atoms with Gasteiger partial charge < -0.3 is 19.9 Å². The van der Waals surface area contributed by atoms with E-state index in [1.54, 1.807) is 17.0 Å². The van der Waals surface area contributed by atoms with Crippen molar-refractivity contribution in [1.82, 2.24) is 19.5 Å². The van der Waals surface area contributed by atoms with E-state index in [4.69, 9.17) is 14.8 Å². The van der Waals surface area contributed by atoms with Crippen molar-refractivity contribution in [3.05, 3.63) is 58.5 Å². The van der Waals surface area contributed by atoms with E-state index >= 15 is 0 Å². The van der Waals surface area contributed by atoms with Crippen LogP contribution in [0.5, 0.6) is 0 Å². The van der Waals surface area contributed by atoms with Crippen LogP contribution in [0.25, 0.3) is 16.8 Å². The van der Waals surface area contributed by atoms with Gasteiger partial charge in [-0.05, 0) is 76.9 Å². The Hall–Kier alpha value is -4.17. The molecule has 1 aromatic carbocycles. The monoisotopic (exact) mass is 587 g/mol. The van der Waals surface area contributed by atoms with Gasteiger partial charge in [0.1, 0.15) is 28.1 Å². The van der Waals surface area contributed by atoms with Gasteiger partial charge in [0.2, 0.25) is 0 Å². The lowest BCUT2D eigenvalue weighted by molar-refractivity contribution is -0.0266. The van der Waals surface area contributed by atoms with Gasteiger partial charge in [-0.25, -0.2) is 18.7 Å². The van der Waals surface area contributed by atoms with E-state index in [0.29, 0.717) is 40.8 Å². The van der Waals surface area contributed by atoms with Crippen molar-refractivity contribution < 1.29 is 13.9 Å². The van der Waals surface area contributed by atoms with Gasteiger partial charge in [0.25, 0.3) is 0 Å². The second-order valence-electron chi connectivity index (χ2n) is 12.3. The molecule has 2 saturated heterocycles. The summed E-state index contributed by atoms with van der Waals surface area (Å²) < 4.78 is 21.0. The second kappa shape index (κ2) is 10.3. The molecule has 0 radical (unpaired) electrons. The summed E-state index contributed by atoms with van der Waals surface area (Å²) in [7, 11) is 0. The molecule has 2 aliphatic rings. The standard InChI is InChI=1S/C31H34FN7O2S/c1-6-23-27(35-28-34-26(25(15-33)42-28)20-7-9-21(32)10-8-20)24-14-22(13-19(2)39(24)36-23)37-12-11-31(16-37)17-38(18-31)29(40)41-30(3,4)5/h7-10,13-14H,6,11-12,16-18H2,1-5H3,(H,34,35). The predicted molar refractivity (Wildman–Crippen MR) is 162 cm³/mol. The summed E-state index contributed by atoms with van der Waals surface area (Å²) in [5.74, 6) is -0.336. The number of nitriles is 1. The number of hydrogen-bond donors (Lipinski definition) is 1. The third-order valence-electron chi connectivity index (χ3n) is 7.89. The fourth-order valence-corrected chi connectivity index (χ4v) is 6.69. The van der Waals surface area contributed by atoms with Gasteiger partial charge in [-0.2, -0.15) is 10.4 Å². The Morgan fingerprint density at radius 1 is 1.21 bits per heavy atom. The maximum Gasteiger partial charge on any atom is 0.410 e. The molecule has 1 amide bonds. The van der Waals surface area contributed by atoms with E-state index in [-0.39, 0.29) is 17.3 Å². The van der Waals surface area contributed by atoms with E-state index in [1.165, 1.54) is 23.5 Å². The maximum absolute atomic E-state index is 13.5. The number of benzene rings is 1. The second-order valence-corrected chi connectivity index (χ2v) is 13.3. The van der Waals surface area contributed by atoms with Crippen LogP contribution in [0.4, 0.5) is 25.7 Å². The summed E-state index contributed by atoms with van der Waals surface area (Å²) in [5.41, 5.74) is 5.62. The number of carbonyl (C=O) groups excluding carboxylic acids is 1. The van der Waals surface area contributed by atoms with Crippen molar-refractivity contribution in [1.29, 1.82) is 5.26 Å². The zero-order chi connectivity index (χ0) is 29.8. The van der Waals surface area contributed by atoms with E-state index in [9.17, 15) is 14.4 Å². The summed E-state index contributed by atoms with van der Waals surface area (Å²) in [6.07, 6.45) is 1.49. The first-order chi connectivity index (χ1) is 20.0. The number of ether oxygens (including phenoxy) is 1. The largest absolute Gasteiger partial charge is 0.444 e. The maximum atomic E-state index is 13.5. The number of nitrogens with zero attached hydrogens (tertiary/aromatic N) is 6. The van der Waals surface area contributed by atoms with Crippen molar-refractivity contribution >= 4 is 39.5 Å². The summed E-state index contributed by atoms with van der Waals surface area (Å²) >= 11 is 1.27. The molecular weight excluding hydrogens is 553 g/mol. The van der Waals surface area contributed by atoms with E-state index in [1.807, 2.05) is 25.3 Å². The molecule has 0 aliphatic carbocycles. The number of aromatic nitrogens is 3. The highest BCUT2D eigenvalue weighted by Gasteiger charge is 2.50. The van der Waals surface area contributed by atoms with Crippen molar-refractivity contribution in [3.8, 4) is 17.3 Å². The normalized spacial score (nSPS) is 16.1. The molecule has 6 rings (SSSR count). The third-order valence-corrected chi connectivity index (χ3v) is 8.77. The fourth-order valence-electron chi connectivity index (χ4n) is 5.90. The molecule has 42 heavy (non-hydrogen) atoms. The highest BCUT2D eigenvalue weighted by molar-refractivity contribution is 7.16. The lowest BCUT2D eigenvalue weighted by Crippen LogP contribution is -2.60. The van der Waals surface area contributed by atoms with Crippen LogP contribution in [0.1, 0.15) is 50.4 Å². The Labute approximate surface area is 248 Å². The number of aryl methyl sites for hydroxylation is 2. The summed E-state index contributed by atoms with van der Waals surface area (Å²) in [6.45, 7) is 13.0. The van der Waals surface area contributed by atoms with Crippen LogP contribution < -0.4 is 10.2 Å². The Kier molecular flexibility index (Phi) is 6.84. The zero-order valence-corrected chi connectivity index (χ0v) is 25.3. The summed E-state index contributed by atoms with van der Waals surface area (Å²) in [6, 6.07) is 12.6. The Balaban J connectivity index is 1.26. The highest BCUT2D eigenvalue weighted by atomic mass is 32.1. The molecule has 1 N–H and O–H groups in total. The Bertz CT molecular complexity index is 1710. The number of fused-ring (bicyclic) bond motifs is 1. The highest BCUT2D eigenvalue weighted by Crippen LogP contribution is 2.43. The third kappa shape index (κ3) is 5.15. The number of rotatable bonds is 5. The number of halogens is 1. The topological polar surface area (TPSA) is 98.8 Å². The number of likely N-dealkylation sites (tertiary alicyclic amines) is 1. The lowest BCUT2D eigenvalue weighted by atomic mass is 9.79. The van der Waals surface area contributed by atoms with E-state index in [0.717, 1.165) is 47.8 Å². The molecule has 3 aromatic heterocycles. The molecule has 0 bridgehead atoms. The van der Waals surface area contributed by atoms with Crippen molar-refractivity contribution in [2.24, 2.45) is 5.41 Å². The van der Waals surface area contributed by atoms with Crippen molar-refractivity contribution in [2.45, 2.75) is 53.1 Å². The molecule has 5 heterocycles. The molecule has 0 atom stereocenters. The predicted octanol–water partition coefficient (Wildman–Crippen LogP) is 6.53. The minimum atomic E-state index is -0.500. The van der Waals surface area contributed by atoms with Gasteiger partial charge in [-0.1, -0.05) is 18.3 Å². The lowest BCUT2D eigenvalue weighted by Gasteiger charge is -2.47. The first-order valence-electron chi connectivity index (χ1n) is 14.2.